The van der Waals surface area contributed by atoms with E-state index in [1.54, 1.807) is 30.3 Å². The van der Waals surface area contributed by atoms with Crippen LogP contribution in [0.25, 0.3) is 0 Å². The topological polar surface area (TPSA) is 95.5 Å². The van der Waals surface area contributed by atoms with E-state index in [-0.39, 0.29) is 12.8 Å². The maximum absolute atomic E-state index is 11.7. The molecule has 6 nitrogen and oxygen atoms in total. The molecule has 0 saturated carbocycles. The summed E-state index contributed by atoms with van der Waals surface area (Å²) >= 11 is 0. The number of carbonyl (C=O) groups is 3. The van der Waals surface area contributed by atoms with Gasteiger partial charge in [-0.3, -0.25) is 25.2 Å². The minimum atomic E-state index is -0.880. The van der Waals surface area contributed by atoms with Crippen LogP contribution in [0.2, 0.25) is 0 Å². The van der Waals surface area contributed by atoms with E-state index in [0.29, 0.717) is 12.0 Å². The number of rotatable bonds is 8. The molecule has 1 aromatic carbocycles. The van der Waals surface area contributed by atoms with Gasteiger partial charge in [0.2, 0.25) is 5.91 Å². The zero-order valence-electron chi connectivity index (χ0n) is 12.7. The first kappa shape index (κ1) is 17.7. The second kappa shape index (κ2) is 9.55. The first-order valence-corrected chi connectivity index (χ1v) is 7.41. The average Bonchev–Trinajstić information content (AvgIpc) is 2.53. The van der Waals surface area contributed by atoms with Gasteiger partial charge in [-0.1, -0.05) is 38.0 Å². The number of carboxylic acid groups (broad SMARTS) is 1. The Morgan fingerprint density at radius 2 is 1.77 bits per heavy atom. The SMILES string of the molecule is CCCCC(CCC(=O)NNC(=O)c1ccccc1)C(=O)O. The number of benzene rings is 1. The number of nitrogens with one attached hydrogen (secondary N) is 2. The van der Waals surface area contributed by atoms with E-state index in [0.717, 1.165) is 12.8 Å². The number of amides is 2. The maximum atomic E-state index is 11.7. The van der Waals surface area contributed by atoms with Crippen molar-refractivity contribution < 1.29 is 19.5 Å². The number of hydrogen-bond acceptors (Lipinski definition) is 3. The van der Waals surface area contributed by atoms with Crippen LogP contribution in [0.1, 0.15) is 49.4 Å². The van der Waals surface area contributed by atoms with Crippen LogP contribution in [0.5, 0.6) is 0 Å². The summed E-state index contributed by atoms with van der Waals surface area (Å²) in [5.41, 5.74) is 5.05. The van der Waals surface area contributed by atoms with Crippen molar-refractivity contribution in [2.24, 2.45) is 5.92 Å². The third-order valence-corrected chi connectivity index (χ3v) is 3.33. The highest BCUT2D eigenvalue weighted by atomic mass is 16.4. The van der Waals surface area contributed by atoms with E-state index < -0.39 is 23.7 Å². The standard InChI is InChI=1S/C16H22N2O4/c1-2-3-7-13(16(21)22)10-11-14(19)17-18-15(20)12-8-5-4-6-9-12/h4-6,8-9,13H,2-3,7,10-11H2,1H3,(H,17,19)(H,18,20)(H,21,22). The van der Waals surface area contributed by atoms with E-state index in [2.05, 4.69) is 10.9 Å². The molecule has 0 aliphatic heterocycles. The van der Waals surface area contributed by atoms with Gasteiger partial charge >= 0.3 is 5.97 Å². The van der Waals surface area contributed by atoms with Gasteiger partial charge in [0, 0.05) is 12.0 Å². The molecule has 1 atom stereocenters. The van der Waals surface area contributed by atoms with Gasteiger partial charge in [-0.25, -0.2) is 0 Å². The summed E-state index contributed by atoms with van der Waals surface area (Å²) in [4.78, 5) is 34.4. The molecule has 1 unspecified atom stereocenters. The lowest BCUT2D eigenvalue weighted by atomic mass is 9.97. The Morgan fingerprint density at radius 1 is 1.09 bits per heavy atom. The van der Waals surface area contributed by atoms with Crippen LogP contribution in [-0.4, -0.2) is 22.9 Å². The number of hydrogen-bond donors (Lipinski definition) is 3. The van der Waals surface area contributed by atoms with Crippen molar-refractivity contribution in [3.63, 3.8) is 0 Å². The Morgan fingerprint density at radius 3 is 2.36 bits per heavy atom. The molecule has 0 heterocycles. The number of carbonyl (C=O) groups excluding carboxylic acids is 2. The minimum Gasteiger partial charge on any atom is -0.481 e. The van der Waals surface area contributed by atoms with Gasteiger partial charge in [-0.2, -0.15) is 0 Å². The zero-order chi connectivity index (χ0) is 16.4. The lowest BCUT2D eigenvalue weighted by molar-refractivity contribution is -0.142. The van der Waals surface area contributed by atoms with Crippen LogP contribution in [0, 0.1) is 5.92 Å². The largest absolute Gasteiger partial charge is 0.481 e. The zero-order valence-corrected chi connectivity index (χ0v) is 12.7. The average molecular weight is 306 g/mol. The van der Waals surface area contributed by atoms with E-state index in [9.17, 15) is 14.4 Å². The summed E-state index contributed by atoms with van der Waals surface area (Å²) in [5, 5.41) is 9.08. The van der Waals surface area contributed by atoms with Crippen LogP contribution >= 0.6 is 0 Å². The first-order chi connectivity index (χ1) is 10.5. The van der Waals surface area contributed by atoms with Crippen molar-refractivity contribution in [3.05, 3.63) is 35.9 Å². The smallest absolute Gasteiger partial charge is 0.306 e. The van der Waals surface area contributed by atoms with Gasteiger partial charge in [0.15, 0.2) is 0 Å². The summed E-state index contributed by atoms with van der Waals surface area (Å²) in [6, 6.07) is 8.50. The van der Waals surface area contributed by atoms with Crippen molar-refractivity contribution >= 4 is 17.8 Å². The molecule has 0 aromatic heterocycles. The molecule has 2 amide bonds. The van der Waals surface area contributed by atoms with Crippen molar-refractivity contribution in [1.29, 1.82) is 0 Å². The molecule has 0 aliphatic rings. The highest BCUT2D eigenvalue weighted by molar-refractivity contribution is 5.95. The van der Waals surface area contributed by atoms with E-state index >= 15 is 0 Å². The second-order valence-electron chi connectivity index (χ2n) is 5.08. The normalized spacial score (nSPS) is 11.5. The minimum absolute atomic E-state index is 0.0652. The Bertz CT molecular complexity index is 502. The molecule has 120 valence electrons. The molecule has 0 radical (unpaired) electrons. The monoisotopic (exact) mass is 306 g/mol. The Hall–Kier alpha value is -2.37. The predicted octanol–water partition coefficient (Wildman–Crippen LogP) is 2.12. The summed E-state index contributed by atoms with van der Waals surface area (Å²) in [7, 11) is 0. The molecule has 0 aliphatic carbocycles. The van der Waals surface area contributed by atoms with Crippen LogP contribution in [0.4, 0.5) is 0 Å². The van der Waals surface area contributed by atoms with Gasteiger partial charge in [0.1, 0.15) is 0 Å². The van der Waals surface area contributed by atoms with Gasteiger partial charge in [0.05, 0.1) is 5.92 Å². The Kier molecular flexibility index (Phi) is 7.67. The van der Waals surface area contributed by atoms with Gasteiger partial charge in [-0.05, 0) is 25.0 Å². The number of carboxylic acids is 1. The third kappa shape index (κ3) is 6.39. The summed E-state index contributed by atoms with van der Waals surface area (Å²) in [6.07, 6.45) is 2.64. The quantitative estimate of drug-likeness (QED) is 0.641. The summed E-state index contributed by atoms with van der Waals surface area (Å²) in [5.74, 6) is -2.20. The summed E-state index contributed by atoms with van der Waals surface area (Å²) in [6.45, 7) is 1.99. The third-order valence-electron chi connectivity index (χ3n) is 3.33. The molecule has 0 fully saturated rings. The summed E-state index contributed by atoms with van der Waals surface area (Å²) < 4.78 is 0. The fraction of sp³-hybridized carbons (Fsp3) is 0.438. The second-order valence-corrected chi connectivity index (χ2v) is 5.08. The van der Waals surface area contributed by atoms with E-state index in [1.165, 1.54) is 0 Å². The Labute approximate surface area is 129 Å². The molecular formula is C16H22N2O4. The molecule has 22 heavy (non-hydrogen) atoms. The van der Waals surface area contributed by atoms with Gasteiger partial charge in [-0.15, -0.1) is 0 Å². The van der Waals surface area contributed by atoms with Gasteiger partial charge < -0.3 is 5.11 Å². The Balaban J connectivity index is 2.33. The van der Waals surface area contributed by atoms with E-state index in [1.807, 2.05) is 6.92 Å². The molecule has 1 aromatic rings. The lowest BCUT2D eigenvalue weighted by Gasteiger charge is -2.12. The molecule has 0 saturated heterocycles. The highest BCUT2D eigenvalue weighted by Gasteiger charge is 2.18. The first-order valence-electron chi connectivity index (χ1n) is 7.41. The molecular weight excluding hydrogens is 284 g/mol. The maximum Gasteiger partial charge on any atom is 0.306 e. The van der Waals surface area contributed by atoms with Crippen molar-refractivity contribution in [1.82, 2.24) is 10.9 Å². The van der Waals surface area contributed by atoms with Crippen LogP contribution < -0.4 is 10.9 Å². The number of aliphatic carboxylic acids is 1. The lowest BCUT2D eigenvalue weighted by Crippen LogP contribution is -2.41. The van der Waals surface area contributed by atoms with Crippen molar-refractivity contribution in [2.45, 2.75) is 39.0 Å². The molecule has 0 spiro atoms. The molecule has 6 heteroatoms. The highest BCUT2D eigenvalue weighted by Crippen LogP contribution is 2.15. The predicted molar refractivity (Wildman–Crippen MR) is 81.9 cm³/mol. The van der Waals surface area contributed by atoms with Crippen molar-refractivity contribution in [2.75, 3.05) is 0 Å². The van der Waals surface area contributed by atoms with Crippen LogP contribution in [0.15, 0.2) is 30.3 Å². The van der Waals surface area contributed by atoms with Crippen LogP contribution in [-0.2, 0) is 9.59 Å². The molecule has 1 rings (SSSR count). The molecule has 0 bridgehead atoms. The molecule has 3 N–H and O–H groups in total. The number of hydrazine groups is 1. The fourth-order valence-corrected chi connectivity index (χ4v) is 2.00. The number of unbranched alkanes of at least 4 members (excludes halogenated alkanes) is 1. The van der Waals surface area contributed by atoms with Crippen molar-refractivity contribution in [3.8, 4) is 0 Å². The van der Waals surface area contributed by atoms with Crippen LogP contribution in [0.3, 0.4) is 0 Å². The van der Waals surface area contributed by atoms with Gasteiger partial charge in [0.25, 0.3) is 5.91 Å². The fourth-order valence-electron chi connectivity index (χ4n) is 2.00. The van der Waals surface area contributed by atoms with E-state index in [4.69, 9.17) is 5.11 Å².